The fourth-order valence-corrected chi connectivity index (χ4v) is 1.97. The maximum Gasteiger partial charge on any atom is 0.341 e. The van der Waals surface area contributed by atoms with Crippen LogP contribution < -0.4 is 4.74 Å². The number of carbonyl (C=O) groups is 1. The van der Waals surface area contributed by atoms with Crippen molar-refractivity contribution in [2.24, 2.45) is 0 Å². The van der Waals surface area contributed by atoms with Crippen molar-refractivity contribution in [3.63, 3.8) is 0 Å². The van der Waals surface area contributed by atoms with Crippen LogP contribution in [0.15, 0.2) is 42.5 Å². The molecule has 0 amide bonds. The number of carbonyl (C=O) groups excluding carboxylic acids is 1. The van der Waals surface area contributed by atoms with Gasteiger partial charge in [0.2, 0.25) is 0 Å². The van der Waals surface area contributed by atoms with E-state index in [9.17, 15) is 4.79 Å². The topological polar surface area (TPSA) is 59.3 Å². The third kappa shape index (κ3) is 3.53. The summed E-state index contributed by atoms with van der Waals surface area (Å²) in [6.45, 7) is 0.161. The largest absolute Gasteiger partial charge is 0.488 e. The van der Waals surface area contributed by atoms with E-state index in [-0.39, 0.29) is 12.2 Å². The number of benzene rings is 2. The fraction of sp³-hybridized carbons (Fsp3) is 0.125. The molecule has 0 saturated heterocycles. The van der Waals surface area contributed by atoms with Gasteiger partial charge in [-0.1, -0.05) is 29.8 Å². The molecule has 0 aliphatic heterocycles. The second kappa shape index (κ2) is 6.78. The van der Waals surface area contributed by atoms with Crippen molar-refractivity contribution in [2.75, 3.05) is 7.11 Å². The van der Waals surface area contributed by atoms with Gasteiger partial charge in [-0.15, -0.1) is 0 Å². The van der Waals surface area contributed by atoms with Gasteiger partial charge in [-0.3, -0.25) is 0 Å². The highest BCUT2D eigenvalue weighted by Gasteiger charge is 2.14. The highest BCUT2D eigenvalue weighted by molar-refractivity contribution is 6.30. The number of hydrogen-bond donors (Lipinski definition) is 0. The normalized spacial score (nSPS) is 9.76. The summed E-state index contributed by atoms with van der Waals surface area (Å²) in [5.41, 5.74) is 1.55. The van der Waals surface area contributed by atoms with E-state index in [2.05, 4.69) is 6.07 Å². The van der Waals surface area contributed by atoms with Gasteiger partial charge in [-0.05, 0) is 24.3 Å². The summed E-state index contributed by atoms with van der Waals surface area (Å²) in [5.74, 6) is -0.183. The summed E-state index contributed by atoms with van der Waals surface area (Å²) in [4.78, 5) is 11.7. The molecule has 0 aliphatic rings. The number of halogens is 1. The molecule has 0 fully saturated rings. The molecule has 0 aliphatic carbocycles. The Balaban J connectivity index is 2.26. The van der Waals surface area contributed by atoms with E-state index < -0.39 is 5.97 Å². The van der Waals surface area contributed by atoms with Crippen LogP contribution in [0.4, 0.5) is 0 Å². The summed E-state index contributed by atoms with van der Waals surface area (Å²) < 4.78 is 10.3. The molecular weight excluding hydrogens is 290 g/mol. The number of ether oxygens (including phenoxy) is 2. The lowest BCUT2D eigenvalue weighted by Crippen LogP contribution is -2.06. The van der Waals surface area contributed by atoms with Gasteiger partial charge in [0, 0.05) is 10.6 Å². The van der Waals surface area contributed by atoms with Crippen LogP contribution in [0.1, 0.15) is 21.5 Å². The molecule has 0 N–H and O–H groups in total. The van der Waals surface area contributed by atoms with Crippen LogP contribution in [0.2, 0.25) is 5.02 Å². The molecular formula is C16H12ClNO3. The van der Waals surface area contributed by atoms with Crippen molar-refractivity contribution in [1.82, 2.24) is 0 Å². The van der Waals surface area contributed by atoms with Crippen LogP contribution in [0.25, 0.3) is 0 Å². The zero-order valence-electron chi connectivity index (χ0n) is 11.3. The maximum absolute atomic E-state index is 11.7. The molecule has 21 heavy (non-hydrogen) atoms. The van der Waals surface area contributed by atoms with Crippen LogP contribution in [0.5, 0.6) is 5.75 Å². The lowest BCUT2D eigenvalue weighted by molar-refractivity contribution is 0.0595. The second-order valence-electron chi connectivity index (χ2n) is 4.19. The Morgan fingerprint density at radius 1 is 1.29 bits per heavy atom. The van der Waals surface area contributed by atoms with Gasteiger partial charge in [0.15, 0.2) is 0 Å². The first kappa shape index (κ1) is 14.9. The number of nitriles is 1. The molecule has 0 aromatic heterocycles. The Hall–Kier alpha value is -2.51. The Morgan fingerprint density at radius 2 is 2.05 bits per heavy atom. The van der Waals surface area contributed by atoms with Crippen molar-refractivity contribution >= 4 is 17.6 Å². The van der Waals surface area contributed by atoms with Crippen molar-refractivity contribution in [1.29, 1.82) is 5.26 Å². The van der Waals surface area contributed by atoms with Crippen molar-refractivity contribution in [3.8, 4) is 11.8 Å². The van der Waals surface area contributed by atoms with Crippen LogP contribution in [-0.2, 0) is 11.3 Å². The molecule has 4 nitrogen and oxygen atoms in total. The Morgan fingerprint density at radius 3 is 2.76 bits per heavy atom. The lowest BCUT2D eigenvalue weighted by Gasteiger charge is -2.11. The molecule has 0 bridgehead atoms. The van der Waals surface area contributed by atoms with Gasteiger partial charge < -0.3 is 9.47 Å². The van der Waals surface area contributed by atoms with E-state index in [1.807, 2.05) is 6.07 Å². The quantitative estimate of drug-likeness (QED) is 0.810. The predicted octanol–water partition coefficient (Wildman–Crippen LogP) is 3.58. The first-order valence-corrected chi connectivity index (χ1v) is 6.52. The van der Waals surface area contributed by atoms with Gasteiger partial charge in [-0.2, -0.15) is 5.26 Å². The fourth-order valence-electron chi connectivity index (χ4n) is 1.80. The molecule has 5 heteroatoms. The molecule has 2 aromatic rings. The molecule has 0 saturated carbocycles. The number of esters is 1. The maximum atomic E-state index is 11.7. The minimum absolute atomic E-state index is 0.161. The minimum Gasteiger partial charge on any atom is -0.488 e. The van der Waals surface area contributed by atoms with Gasteiger partial charge in [-0.25, -0.2) is 4.79 Å². The number of methoxy groups -OCH3 is 1. The molecule has 2 rings (SSSR count). The third-order valence-corrected chi connectivity index (χ3v) is 3.11. The van der Waals surface area contributed by atoms with E-state index in [0.717, 1.165) is 5.56 Å². The predicted molar refractivity (Wildman–Crippen MR) is 78.3 cm³/mol. The van der Waals surface area contributed by atoms with E-state index in [1.165, 1.54) is 7.11 Å². The third-order valence-electron chi connectivity index (χ3n) is 2.87. The van der Waals surface area contributed by atoms with E-state index in [0.29, 0.717) is 16.3 Å². The molecule has 0 radical (unpaired) electrons. The van der Waals surface area contributed by atoms with E-state index in [1.54, 1.807) is 36.4 Å². The molecule has 0 spiro atoms. The summed E-state index contributed by atoms with van der Waals surface area (Å²) >= 11 is 5.92. The smallest absolute Gasteiger partial charge is 0.341 e. The van der Waals surface area contributed by atoms with Crippen molar-refractivity contribution in [2.45, 2.75) is 6.61 Å². The Bertz CT molecular complexity index is 707. The Labute approximate surface area is 127 Å². The standard InChI is InChI=1S/C16H12ClNO3/c1-20-16(19)14-7-6-13(17)8-15(14)21-10-12-5-3-2-4-11(12)9-18/h2-8H,10H2,1H3. The van der Waals surface area contributed by atoms with E-state index in [4.69, 9.17) is 26.3 Å². The average Bonchev–Trinajstić information content (AvgIpc) is 2.52. The highest BCUT2D eigenvalue weighted by Crippen LogP contribution is 2.25. The van der Waals surface area contributed by atoms with Gasteiger partial charge in [0.1, 0.15) is 17.9 Å². The van der Waals surface area contributed by atoms with Crippen molar-refractivity contribution in [3.05, 3.63) is 64.2 Å². The average molecular weight is 302 g/mol. The highest BCUT2D eigenvalue weighted by atomic mass is 35.5. The number of nitrogens with zero attached hydrogens (tertiary/aromatic N) is 1. The van der Waals surface area contributed by atoms with Crippen LogP contribution >= 0.6 is 11.6 Å². The van der Waals surface area contributed by atoms with Crippen LogP contribution in [0, 0.1) is 11.3 Å². The summed E-state index contributed by atoms with van der Waals surface area (Å²) in [7, 11) is 1.30. The molecule has 2 aromatic carbocycles. The summed E-state index contributed by atoms with van der Waals surface area (Å²) in [6, 6.07) is 13.9. The zero-order chi connectivity index (χ0) is 15.2. The minimum atomic E-state index is -0.504. The van der Waals surface area contributed by atoms with Gasteiger partial charge >= 0.3 is 5.97 Å². The second-order valence-corrected chi connectivity index (χ2v) is 4.63. The van der Waals surface area contributed by atoms with Gasteiger partial charge in [0.25, 0.3) is 0 Å². The van der Waals surface area contributed by atoms with Crippen LogP contribution in [0.3, 0.4) is 0 Å². The van der Waals surface area contributed by atoms with Gasteiger partial charge in [0.05, 0.1) is 18.7 Å². The molecule has 0 heterocycles. The van der Waals surface area contributed by atoms with E-state index >= 15 is 0 Å². The van der Waals surface area contributed by atoms with Crippen molar-refractivity contribution < 1.29 is 14.3 Å². The molecule has 0 unspecified atom stereocenters. The number of hydrogen-bond acceptors (Lipinski definition) is 4. The lowest BCUT2D eigenvalue weighted by atomic mass is 10.1. The zero-order valence-corrected chi connectivity index (χ0v) is 12.1. The van der Waals surface area contributed by atoms with Crippen LogP contribution in [-0.4, -0.2) is 13.1 Å². The summed E-state index contributed by atoms with van der Waals surface area (Å²) in [6.07, 6.45) is 0. The first-order valence-electron chi connectivity index (χ1n) is 6.14. The SMILES string of the molecule is COC(=O)c1ccc(Cl)cc1OCc1ccccc1C#N. The molecule has 106 valence electrons. The molecule has 0 atom stereocenters. The summed E-state index contributed by atoms with van der Waals surface area (Å²) in [5, 5.41) is 9.49. The Kier molecular flexibility index (Phi) is 4.81. The first-order chi connectivity index (χ1) is 10.2. The number of rotatable bonds is 4. The monoisotopic (exact) mass is 301 g/mol.